The zero-order chi connectivity index (χ0) is 13.9. The molecule has 0 saturated heterocycles. The maximum absolute atomic E-state index is 12.5. The number of carbonyl (C=O) groups excluding carboxylic acids is 1. The monoisotopic (exact) mass is 287 g/mol. The molecule has 0 bridgehead atoms. The lowest BCUT2D eigenvalue weighted by Crippen LogP contribution is -2.31. The molecule has 20 heavy (non-hydrogen) atoms. The van der Waals surface area contributed by atoms with Crippen LogP contribution in [0.4, 0.5) is 0 Å². The number of hydrogen-bond acceptors (Lipinski definition) is 4. The van der Waals surface area contributed by atoms with E-state index in [1.54, 1.807) is 5.38 Å². The minimum atomic E-state index is 0.0117. The van der Waals surface area contributed by atoms with Crippen molar-refractivity contribution in [1.82, 2.24) is 9.88 Å². The Bertz CT molecular complexity index is 623. The molecule has 0 unspecified atom stereocenters. The van der Waals surface area contributed by atoms with Crippen molar-refractivity contribution in [2.45, 2.75) is 25.9 Å². The van der Waals surface area contributed by atoms with Gasteiger partial charge in [-0.15, -0.1) is 11.3 Å². The van der Waals surface area contributed by atoms with Gasteiger partial charge in [0.25, 0.3) is 5.91 Å². The highest BCUT2D eigenvalue weighted by molar-refractivity contribution is 7.09. The van der Waals surface area contributed by atoms with Crippen LogP contribution in [0.5, 0.6) is 0 Å². The van der Waals surface area contributed by atoms with Crippen LogP contribution < -0.4 is 5.73 Å². The number of nitrogens with zero attached hydrogens (tertiary/aromatic N) is 2. The van der Waals surface area contributed by atoms with Crippen LogP contribution in [-0.2, 0) is 19.5 Å². The van der Waals surface area contributed by atoms with Crippen LogP contribution in [-0.4, -0.2) is 22.3 Å². The molecular weight excluding hydrogens is 270 g/mol. The van der Waals surface area contributed by atoms with E-state index in [-0.39, 0.29) is 5.91 Å². The average Bonchev–Trinajstić information content (AvgIpc) is 2.85. The molecule has 1 aliphatic heterocycles. The van der Waals surface area contributed by atoms with E-state index in [1.165, 1.54) is 22.5 Å². The summed E-state index contributed by atoms with van der Waals surface area (Å²) in [7, 11) is 0. The predicted molar refractivity (Wildman–Crippen MR) is 79.5 cm³/mol. The predicted octanol–water partition coefficient (Wildman–Crippen LogP) is 2.19. The van der Waals surface area contributed by atoms with Gasteiger partial charge in [-0.3, -0.25) is 4.79 Å². The molecule has 1 aliphatic rings. The molecule has 2 aromatic rings. The van der Waals surface area contributed by atoms with E-state index in [0.717, 1.165) is 24.4 Å². The molecule has 3 rings (SSSR count). The molecule has 1 aromatic heterocycles. The Morgan fingerprint density at radius 3 is 2.90 bits per heavy atom. The minimum absolute atomic E-state index is 0.0117. The first-order valence-corrected chi connectivity index (χ1v) is 7.66. The third kappa shape index (κ3) is 2.59. The van der Waals surface area contributed by atoms with Crippen LogP contribution >= 0.6 is 11.3 Å². The van der Waals surface area contributed by atoms with Gasteiger partial charge < -0.3 is 10.6 Å². The summed E-state index contributed by atoms with van der Waals surface area (Å²) < 4.78 is 0. The van der Waals surface area contributed by atoms with Crippen LogP contribution in [0.2, 0.25) is 0 Å². The van der Waals surface area contributed by atoms with Crippen molar-refractivity contribution < 1.29 is 4.79 Å². The summed E-state index contributed by atoms with van der Waals surface area (Å²) in [6, 6.07) is 8.35. The first-order valence-electron chi connectivity index (χ1n) is 6.78. The third-order valence-electron chi connectivity index (χ3n) is 3.59. The van der Waals surface area contributed by atoms with E-state index in [4.69, 9.17) is 5.73 Å². The minimum Gasteiger partial charge on any atom is -0.333 e. The molecule has 0 saturated carbocycles. The molecule has 0 aliphatic carbocycles. The maximum Gasteiger partial charge on any atom is 0.273 e. The molecule has 104 valence electrons. The summed E-state index contributed by atoms with van der Waals surface area (Å²) in [6.07, 6.45) is 2.03. The number of thiazole rings is 1. The highest BCUT2D eigenvalue weighted by atomic mass is 32.1. The van der Waals surface area contributed by atoms with Gasteiger partial charge >= 0.3 is 0 Å². The quantitative estimate of drug-likeness (QED) is 0.921. The van der Waals surface area contributed by atoms with Gasteiger partial charge in [0.1, 0.15) is 10.7 Å². The number of aryl methyl sites for hydroxylation is 1. The molecule has 0 spiro atoms. The van der Waals surface area contributed by atoms with Gasteiger partial charge in [0, 0.05) is 25.0 Å². The Morgan fingerprint density at radius 2 is 2.15 bits per heavy atom. The van der Waals surface area contributed by atoms with Crippen LogP contribution in [0.15, 0.2) is 29.6 Å². The molecule has 5 heteroatoms. The molecular formula is C15H17N3OS. The lowest BCUT2D eigenvalue weighted by molar-refractivity contribution is 0.0740. The van der Waals surface area contributed by atoms with Gasteiger partial charge in [-0.25, -0.2) is 4.98 Å². The number of rotatable bonds is 2. The lowest BCUT2D eigenvalue weighted by atomic mass is 10.0. The third-order valence-corrected chi connectivity index (χ3v) is 4.46. The summed E-state index contributed by atoms with van der Waals surface area (Å²) in [5.41, 5.74) is 8.67. The first kappa shape index (κ1) is 13.3. The molecule has 1 aromatic carbocycles. The van der Waals surface area contributed by atoms with Gasteiger partial charge in [0.05, 0.1) is 0 Å². The van der Waals surface area contributed by atoms with E-state index in [2.05, 4.69) is 23.2 Å². The Balaban J connectivity index is 1.82. The largest absolute Gasteiger partial charge is 0.333 e. The second-order valence-electron chi connectivity index (χ2n) is 4.93. The van der Waals surface area contributed by atoms with Crippen molar-refractivity contribution in [3.63, 3.8) is 0 Å². The first-order chi connectivity index (χ1) is 9.78. The number of carbonyl (C=O) groups is 1. The van der Waals surface area contributed by atoms with Crippen molar-refractivity contribution >= 4 is 17.2 Å². The average molecular weight is 287 g/mol. The standard InChI is InChI=1S/C15H17N3OS/c16-8-14-17-13(10-20-14)15(19)18-7-3-6-11-4-1-2-5-12(11)9-18/h1-2,4-5,10H,3,6-9,16H2. The number of hydrogen-bond donors (Lipinski definition) is 1. The van der Waals surface area contributed by atoms with Gasteiger partial charge in [0.15, 0.2) is 0 Å². The Labute approximate surface area is 122 Å². The molecule has 0 radical (unpaired) electrons. The Morgan fingerprint density at radius 1 is 1.35 bits per heavy atom. The number of amides is 1. The van der Waals surface area contributed by atoms with E-state index >= 15 is 0 Å². The highest BCUT2D eigenvalue weighted by Gasteiger charge is 2.21. The number of nitrogens with two attached hydrogens (primary N) is 1. The lowest BCUT2D eigenvalue weighted by Gasteiger charge is -2.19. The van der Waals surface area contributed by atoms with Crippen molar-refractivity contribution in [2.24, 2.45) is 5.73 Å². The summed E-state index contributed by atoms with van der Waals surface area (Å²) in [5.74, 6) is 0.0117. The van der Waals surface area contributed by atoms with E-state index in [1.807, 2.05) is 11.0 Å². The van der Waals surface area contributed by atoms with Crippen molar-refractivity contribution in [2.75, 3.05) is 6.54 Å². The fourth-order valence-corrected chi connectivity index (χ4v) is 3.19. The zero-order valence-corrected chi connectivity index (χ0v) is 12.0. The fourth-order valence-electron chi connectivity index (χ4n) is 2.54. The molecule has 2 heterocycles. The number of fused-ring (bicyclic) bond motifs is 1. The second-order valence-corrected chi connectivity index (χ2v) is 5.87. The smallest absolute Gasteiger partial charge is 0.273 e. The number of benzene rings is 1. The molecule has 4 nitrogen and oxygen atoms in total. The zero-order valence-electron chi connectivity index (χ0n) is 11.2. The summed E-state index contributed by atoms with van der Waals surface area (Å²) in [6.45, 7) is 1.84. The van der Waals surface area contributed by atoms with Crippen molar-refractivity contribution in [3.05, 3.63) is 51.5 Å². The molecule has 0 atom stereocenters. The Kier molecular flexibility index (Phi) is 3.80. The van der Waals surface area contributed by atoms with Crippen LogP contribution in [0.25, 0.3) is 0 Å². The van der Waals surface area contributed by atoms with Crippen LogP contribution in [0.1, 0.15) is 33.0 Å². The topological polar surface area (TPSA) is 59.2 Å². The summed E-state index contributed by atoms with van der Waals surface area (Å²) in [5, 5.41) is 2.62. The normalized spacial score (nSPS) is 14.8. The van der Waals surface area contributed by atoms with Crippen molar-refractivity contribution in [3.8, 4) is 0 Å². The van der Waals surface area contributed by atoms with E-state index < -0.39 is 0 Å². The second kappa shape index (κ2) is 5.73. The van der Waals surface area contributed by atoms with Crippen LogP contribution in [0, 0.1) is 0 Å². The van der Waals surface area contributed by atoms with Crippen molar-refractivity contribution in [1.29, 1.82) is 0 Å². The van der Waals surface area contributed by atoms with Gasteiger partial charge in [-0.2, -0.15) is 0 Å². The number of aromatic nitrogens is 1. The SMILES string of the molecule is NCc1nc(C(=O)N2CCCc3ccccc3C2)cs1. The van der Waals surface area contributed by atoms with Gasteiger partial charge in [-0.1, -0.05) is 24.3 Å². The van der Waals surface area contributed by atoms with Crippen LogP contribution in [0.3, 0.4) is 0 Å². The molecule has 2 N–H and O–H groups in total. The van der Waals surface area contributed by atoms with E-state index in [0.29, 0.717) is 18.8 Å². The molecule has 1 amide bonds. The van der Waals surface area contributed by atoms with Gasteiger partial charge in [-0.05, 0) is 24.0 Å². The Hall–Kier alpha value is -1.72. The maximum atomic E-state index is 12.5. The summed E-state index contributed by atoms with van der Waals surface area (Å²) in [4.78, 5) is 18.7. The molecule has 0 fully saturated rings. The fraction of sp³-hybridized carbons (Fsp3) is 0.333. The van der Waals surface area contributed by atoms with E-state index in [9.17, 15) is 4.79 Å². The highest BCUT2D eigenvalue weighted by Crippen LogP contribution is 2.20. The summed E-state index contributed by atoms with van der Waals surface area (Å²) >= 11 is 1.45. The van der Waals surface area contributed by atoms with Gasteiger partial charge in [0.2, 0.25) is 0 Å².